The number of carbonyl (C=O) groups is 1. The predicted molar refractivity (Wildman–Crippen MR) is 100 cm³/mol. The Bertz CT molecular complexity index is 464. The SMILES string of the molecule is CCC(Oc1ccc(OC)cc1)N(CC)C(=O)CN(CC)CC.Cl. The molecule has 1 unspecified atom stereocenters. The van der Waals surface area contributed by atoms with Crippen LogP contribution in [-0.4, -0.2) is 55.2 Å². The molecule has 1 atom stereocenters. The van der Waals surface area contributed by atoms with Gasteiger partial charge in [-0.05, 0) is 44.3 Å². The zero-order valence-corrected chi connectivity index (χ0v) is 16.3. The smallest absolute Gasteiger partial charge is 0.239 e. The van der Waals surface area contributed by atoms with Gasteiger partial charge in [-0.15, -0.1) is 12.4 Å². The van der Waals surface area contributed by atoms with Gasteiger partial charge in [-0.3, -0.25) is 9.69 Å². The molecule has 1 amide bonds. The van der Waals surface area contributed by atoms with E-state index in [-0.39, 0.29) is 24.5 Å². The average Bonchev–Trinajstić information content (AvgIpc) is 2.59. The summed E-state index contributed by atoms with van der Waals surface area (Å²) in [5.74, 6) is 1.64. The molecule has 0 N–H and O–H groups in total. The van der Waals surface area contributed by atoms with E-state index in [0.29, 0.717) is 13.1 Å². The standard InChI is InChI=1S/C18H30N2O3.ClH/c1-6-18(23-16-12-10-15(22-5)11-13-16)20(9-4)17(21)14-19(7-2)8-3;/h10-13,18H,6-9,14H2,1-5H3;1H. The van der Waals surface area contributed by atoms with E-state index < -0.39 is 0 Å². The van der Waals surface area contributed by atoms with Gasteiger partial charge >= 0.3 is 0 Å². The highest BCUT2D eigenvalue weighted by Crippen LogP contribution is 2.20. The van der Waals surface area contributed by atoms with Crippen LogP contribution in [-0.2, 0) is 4.79 Å². The molecular weight excluding hydrogens is 328 g/mol. The summed E-state index contributed by atoms with van der Waals surface area (Å²) < 4.78 is 11.2. The number of ether oxygens (including phenoxy) is 2. The van der Waals surface area contributed by atoms with Gasteiger partial charge in [-0.2, -0.15) is 0 Å². The van der Waals surface area contributed by atoms with Crippen LogP contribution in [0, 0.1) is 0 Å². The summed E-state index contributed by atoms with van der Waals surface area (Å²) in [6.45, 7) is 11.0. The normalized spacial score (nSPS) is 11.6. The maximum Gasteiger partial charge on any atom is 0.239 e. The van der Waals surface area contributed by atoms with Gasteiger partial charge in [0, 0.05) is 13.0 Å². The quantitative estimate of drug-likeness (QED) is 0.601. The molecule has 0 saturated carbocycles. The lowest BCUT2D eigenvalue weighted by Gasteiger charge is -2.32. The molecule has 0 heterocycles. The average molecular weight is 359 g/mol. The summed E-state index contributed by atoms with van der Waals surface area (Å²) in [7, 11) is 1.63. The van der Waals surface area contributed by atoms with Crippen molar-refractivity contribution in [2.75, 3.05) is 33.3 Å². The molecule has 1 aromatic rings. The van der Waals surface area contributed by atoms with E-state index in [9.17, 15) is 4.79 Å². The zero-order valence-electron chi connectivity index (χ0n) is 15.4. The number of halogens is 1. The van der Waals surface area contributed by atoms with Crippen molar-refractivity contribution < 1.29 is 14.3 Å². The number of amides is 1. The van der Waals surface area contributed by atoms with Gasteiger partial charge in [0.15, 0.2) is 6.23 Å². The second-order valence-electron chi connectivity index (χ2n) is 5.30. The van der Waals surface area contributed by atoms with Crippen LogP contribution < -0.4 is 9.47 Å². The summed E-state index contributed by atoms with van der Waals surface area (Å²) in [6.07, 6.45) is 0.487. The summed E-state index contributed by atoms with van der Waals surface area (Å²) in [6, 6.07) is 7.44. The Morgan fingerprint density at radius 2 is 1.54 bits per heavy atom. The minimum Gasteiger partial charge on any atom is -0.497 e. The largest absolute Gasteiger partial charge is 0.497 e. The van der Waals surface area contributed by atoms with Crippen molar-refractivity contribution in [2.45, 2.75) is 40.3 Å². The lowest BCUT2D eigenvalue weighted by atomic mass is 10.3. The fraction of sp³-hybridized carbons (Fsp3) is 0.611. The van der Waals surface area contributed by atoms with Crippen LogP contribution in [0.15, 0.2) is 24.3 Å². The monoisotopic (exact) mass is 358 g/mol. The molecule has 0 radical (unpaired) electrons. The van der Waals surface area contributed by atoms with Crippen molar-refractivity contribution in [2.24, 2.45) is 0 Å². The molecule has 5 nitrogen and oxygen atoms in total. The second-order valence-corrected chi connectivity index (χ2v) is 5.30. The van der Waals surface area contributed by atoms with Crippen LogP contribution in [0.4, 0.5) is 0 Å². The Kier molecular flexibility index (Phi) is 11.3. The number of carbonyl (C=O) groups excluding carboxylic acids is 1. The van der Waals surface area contributed by atoms with Crippen molar-refractivity contribution in [3.8, 4) is 11.5 Å². The molecule has 1 rings (SSSR count). The van der Waals surface area contributed by atoms with Crippen molar-refractivity contribution in [3.05, 3.63) is 24.3 Å². The topological polar surface area (TPSA) is 42.0 Å². The number of rotatable bonds is 10. The molecule has 1 aromatic carbocycles. The molecule has 0 aliphatic carbocycles. The minimum atomic E-state index is -0.253. The first-order valence-corrected chi connectivity index (χ1v) is 8.41. The van der Waals surface area contributed by atoms with E-state index in [1.807, 2.05) is 43.0 Å². The third kappa shape index (κ3) is 6.57. The first kappa shape index (κ1) is 22.5. The van der Waals surface area contributed by atoms with Gasteiger partial charge in [0.05, 0.1) is 13.7 Å². The Morgan fingerprint density at radius 1 is 1.00 bits per heavy atom. The van der Waals surface area contributed by atoms with Gasteiger partial charge < -0.3 is 14.4 Å². The van der Waals surface area contributed by atoms with E-state index in [1.165, 1.54) is 0 Å². The van der Waals surface area contributed by atoms with Crippen LogP contribution in [0.3, 0.4) is 0 Å². The van der Waals surface area contributed by atoms with E-state index in [4.69, 9.17) is 9.47 Å². The van der Waals surface area contributed by atoms with Gasteiger partial charge in [-0.1, -0.05) is 20.8 Å². The number of likely N-dealkylation sites (N-methyl/N-ethyl adjacent to an activating group) is 2. The van der Waals surface area contributed by atoms with Gasteiger partial charge in [0.1, 0.15) is 11.5 Å². The first-order chi connectivity index (χ1) is 11.1. The lowest BCUT2D eigenvalue weighted by Crippen LogP contribution is -2.47. The Morgan fingerprint density at radius 3 is 1.96 bits per heavy atom. The van der Waals surface area contributed by atoms with Crippen molar-refractivity contribution in [1.29, 1.82) is 0 Å². The van der Waals surface area contributed by atoms with Gasteiger partial charge in [0.2, 0.25) is 5.91 Å². The fourth-order valence-corrected chi connectivity index (χ4v) is 2.45. The second kappa shape index (κ2) is 12.0. The Hall–Kier alpha value is -1.46. The number of hydrogen-bond acceptors (Lipinski definition) is 4. The number of methoxy groups -OCH3 is 1. The lowest BCUT2D eigenvalue weighted by molar-refractivity contribution is -0.140. The Labute approximate surface area is 152 Å². The molecule has 0 spiro atoms. The first-order valence-electron chi connectivity index (χ1n) is 8.41. The van der Waals surface area contributed by atoms with E-state index >= 15 is 0 Å². The molecule has 138 valence electrons. The molecular formula is C18H31ClN2O3. The van der Waals surface area contributed by atoms with Gasteiger partial charge in [0.25, 0.3) is 0 Å². The molecule has 0 bridgehead atoms. The maximum atomic E-state index is 12.6. The van der Waals surface area contributed by atoms with Crippen molar-refractivity contribution >= 4 is 18.3 Å². The highest BCUT2D eigenvalue weighted by Gasteiger charge is 2.23. The molecule has 0 aromatic heterocycles. The van der Waals surface area contributed by atoms with E-state index in [1.54, 1.807) is 7.11 Å². The van der Waals surface area contributed by atoms with Gasteiger partial charge in [-0.25, -0.2) is 0 Å². The van der Waals surface area contributed by atoms with E-state index in [0.717, 1.165) is 31.0 Å². The number of hydrogen-bond donors (Lipinski definition) is 0. The van der Waals surface area contributed by atoms with Crippen LogP contribution in [0.25, 0.3) is 0 Å². The molecule has 0 aliphatic rings. The number of benzene rings is 1. The third-order valence-corrected chi connectivity index (χ3v) is 3.94. The highest BCUT2D eigenvalue weighted by atomic mass is 35.5. The fourth-order valence-electron chi connectivity index (χ4n) is 2.45. The van der Waals surface area contributed by atoms with Crippen LogP contribution in [0.5, 0.6) is 11.5 Å². The maximum absolute atomic E-state index is 12.6. The highest BCUT2D eigenvalue weighted by molar-refractivity contribution is 5.85. The van der Waals surface area contributed by atoms with Crippen LogP contribution >= 0.6 is 12.4 Å². The van der Waals surface area contributed by atoms with Crippen LogP contribution in [0.1, 0.15) is 34.1 Å². The number of nitrogens with zero attached hydrogens (tertiary/aromatic N) is 2. The molecule has 0 fully saturated rings. The molecule has 6 heteroatoms. The molecule has 24 heavy (non-hydrogen) atoms. The summed E-state index contributed by atoms with van der Waals surface area (Å²) in [4.78, 5) is 16.5. The van der Waals surface area contributed by atoms with Crippen molar-refractivity contribution in [3.63, 3.8) is 0 Å². The van der Waals surface area contributed by atoms with Crippen molar-refractivity contribution in [1.82, 2.24) is 9.80 Å². The molecule has 0 aliphatic heterocycles. The third-order valence-electron chi connectivity index (χ3n) is 3.94. The molecule has 0 saturated heterocycles. The zero-order chi connectivity index (χ0) is 17.2. The van der Waals surface area contributed by atoms with E-state index in [2.05, 4.69) is 18.7 Å². The van der Waals surface area contributed by atoms with Crippen LogP contribution in [0.2, 0.25) is 0 Å². The summed E-state index contributed by atoms with van der Waals surface area (Å²) in [5.41, 5.74) is 0. The summed E-state index contributed by atoms with van der Waals surface area (Å²) in [5, 5.41) is 0. The summed E-state index contributed by atoms with van der Waals surface area (Å²) >= 11 is 0. The Balaban J connectivity index is 0.00000529. The predicted octanol–water partition coefficient (Wildman–Crippen LogP) is 3.42. The minimum absolute atomic E-state index is 0.